The minimum absolute atomic E-state index is 0.0435. The first-order valence-corrected chi connectivity index (χ1v) is 11.0. The topological polar surface area (TPSA) is 204 Å². The number of hydrogen-bond donors (Lipinski definition) is 6. The number of aromatic hydroxyl groups is 1. The third kappa shape index (κ3) is 3.15. The lowest BCUT2D eigenvalue weighted by Crippen LogP contribution is -2.65. The molecule has 0 bridgehead atoms. The number of aliphatic hydroxyl groups excluding tert-OH is 2. The van der Waals surface area contributed by atoms with Crippen molar-refractivity contribution in [2.24, 2.45) is 23.3 Å². The number of ketones is 3. The zero-order valence-electron chi connectivity index (χ0n) is 19.5. The second kappa shape index (κ2) is 8.01. The van der Waals surface area contributed by atoms with E-state index in [1.54, 1.807) is 0 Å². The molecule has 1 saturated carbocycles. The van der Waals surface area contributed by atoms with E-state index < -0.39 is 63.8 Å². The average molecular weight is 485 g/mol. The molecule has 0 saturated heterocycles. The molecule has 1 fully saturated rings. The second-order valence-electron chi connectivity index (χ2n) is 9.51. The third-order valence-electron chi connectivity index (χ3n) is 7.40. The molecule has 0 heterocycles. The number of aliphatic hydroxyl groups is 3. The molecule has 1 aromatic rings. The zero-order chi connectivity index (χ0) is 26.1. The lowest BCUT2D eigenvalue weighted by molar-refractivity contribution is -0.153. The van der Waals surface area contributed by atoms with Gasteiger partial charge < -0.3 is 31.9 Å². The first-order valence-electron chi connectivity index (χ1n) is 11.0. The molecule has 186 valence electrons. The number of amides is 1. The minimum Gasteiger partial charge on any atom is -0.508 e. The lowest BCUT2D eigenvalue weighted by Gasteiger charge is -2.50. The summed E-state index contributed by atoms with van der Waals surface area (Å²) in [6, 6.07) is 0.267. The molecule has 1 aromatic carbocycles. The summed E-state index contributed by atoms with van der Waals surface area (Å²) >= 11 is 0. The quantitative estimate of drug-likeness (QED) is 0.241. The molecule has 0 spiro atoms. The monoisotopic (exact) mass is 485 g/mol. The molecule has 1 amide bonds. The Hall–Kier alpha value is -3.54. The number of likely N-dealkylation sites (N-methyl/N-ethyl adjacent to an activating group) is 1. The van der Waals surface area contributed by atoms with Gasteiger partial charge in [0.25, 0.3) is 5.91 Å². The van der Waals surface area contributed by atoms with E-state index in [2.05, 4.69) is 0 Å². The summed E-state index contributed by atoms with van der Waals surface area (Å²) in [6.07, 6.45) is -0.00955. The summed E-state index contributed by atoms with van der Waals surface area (Å²) in [5.41, 5.74) is 7.69. The smallest absolute Gasteiger partial charge is 0.255 e. The van der Waals surface area contributed by atoms with Crippen molar-refractivity contribution in [2.75, 3.05) is 14.1 Å². The van der Waals surface area contributed by atoms with Crippen LogP contribution in [-0.4, -0.2) is 74.3 Å². The van der Waals surface area contributed by atoms with E-state index in [0.717, 1.165) is 0 Å². The van der Waals surface area contributed by atoms with Crippen molar-refractivity contribution in [3.63, 3.8) is 0 Å². The van der Waals surface area contributed by atoms with Gasteiger partial charge in [0.15, 0.2) is 17.2 Å². The number of carbonyl (C=O) groups excluding carboxylic acids is 4. The van der Waals surface area contributed by atoms with Gasteiger partial charge >= 0.3 is 0 Å². The Balaban J connectivity index is 2.02. The van der Waals surface area contributed by atoms with Crippen molar-refractivity contribution in [1.82, 2.24) is 4.90 Å². The van der Waals surface area contributed by atoms with Gasteiger partial charge in [-0.25, -0.2) is 0 Å². The molecule has 3 aliphatic carbocycles. The number of Topliss-reactive ketones (excluding diaryl/α,β-unsaturated/α-hetero) is 3. The van der Waals surface area contributed by atoms with Crippen LogP contribution in [0.5, 0.6) is 5.75 Å². The molecule has 11 heteroatoms. The van der Waals surface area contributed by atoms with Crippen LogP contribution in [0.15, 0.2) is 23.0 Å². The molecular weight excluding hydrogens is 458 g/mol. The fourth-order valence-electron chi connectivity index (χ4n) is 5.84. The Kier molecular flexibility index (Phi) is 5.62. The van der Waals surface area contributed by atoms with Crippen LogP contribution in [0.1, 0.15) is 40.4 Å². The Bertz CT molecular complexity index is 1280. The maximum atomic E-state index is 13.8. The molecule has 11 nitrogen and oxygen atoms in total. The van der Waals surface area contributed by atoms with E-state index in [0.29, 0.717) is 5.56 Å². The first-order chi connectivity index (χ1) is 16.3. The summed E-state index contributed by atoms with van der Waals surface area (Å²) in [5, 5.41) is 44.4. The van der Waals surface area contributed by atoms with Crippen LogP contribution in [0, 0.1) is 11.8 Å². The SMILES string of the molecule is CC(=O)c1cc(CN)c(O)c2c1CC1CC3C(N(C)C)C(=O)C(C(N)=O)=C(O)C3(O)C(=O)C1=C2O. The van der Waals surface area contributed by atoms with E-state index >= 15 is 0 Å². The molecule has 35 heavy (non-hydrogen) atoms. The maximum absolute atomic E-state index is 13.8. The van der Waals surface area contributed by atoms with E-state index in [1.807, 2.05) is 0 Å². The molecule has 4 rings (SSSR count). The van der Waals surface area contributed by atoms with Crippen molar-refractivity contribution in [1.29, 1.82) is 0 Å². The normalized spacial score (nSPS) is 28.1. The van der Waals surface area contributed by atoms with Gasteiger partial charge in [-0.05, 0) is 51.4 Å². The van der Waals surface area contributed by atoms with Gasteiger partial charge in [0.05, 0.1) is 11.6 Å². The van der Waals surface area contributed by atoms with E-state index in [4.69, 9.17) is 11.5 Å². The van der Waals surface area contributed by atoms with Crippen molar-refractivity contribution in [2.45, 2.75) is 38.0 Å². The van der Waals surface area contributed by atoms with Gasteiger partial charge in [0.1, 0.15) is 22.8 Å². The highest BCUT2D eigenvalue weighted by molar-refractivity contribution is 6.24. The van der Waals surface area contributed by atoms with Crippen LogP contribution in [0.2, 0.25) is 0 Å². The summed E-state index contributed by atoms with van der Waals surface area (Å²) in [7, 11) is 3.04. The molecule has 0 radical (unpaired) electrons. The highest BCUT2D eigenvalue weighted by atomic mass is 16.3. The molecule has 8 N–H and O–H groups in total. The van der Waals surface area contributed by atoms with Crippen molar-refractivity contribution in [3.8, 4) is 5.75 Å². The first kappa shape index (κ1) is 24.6. The Morgan fingerprint density at radius 3 is 2.34 bits per heavy atom. The number of carbonyl (C=O) groups is 4. The van der Waals surface area contributed by atoms with Crippen LogP contribution < -0.4 is 11.5 Å². The van der Waals surface area contributed by atoms with Crippen molar-refractivity contribution >= 4 is 29.0 Å². The predicted molar refractivity (Wildman–Crippen MR) is 122 cm³/mol. The van der Waals surface area contributed by atoms with Crippen LogP contribution >= 0.6 is 0 Å². The number of nitrogens with zero attached hydrogens (tertiary/aromatic N) is 1. The standard InChI is InChI=1S/C24H27N3O8/c1-8(28)11-5-10(7-25)18(29)15-12(11)4-9-6-13-17(27(2)3)20(31)16(23(26)34)22(33)24(13,35)21(32)14(9)19(15)30/h5,9,13,17,29-30,33,35H,4,6-7,25H2,1-3H3,(H2,26,34). The fourth-order valence-corrected chi connectivity index (χ4v) is 5.84. The summed E-state index contributed by atoms with van der Waals surface area (Å²) in [4.78, 5) is 52.6. The largest absolute Gasteiger partial charge is 0.508 e. The summed E-state index contributed by atoms with van der Waals surface area (Å²) in [5.74, 6) is -7.72. The number of nitrogens with two attached hydrogens (primary N) is 2. The molecule has 0 aliphatic heterocycles. The van der Waals surface area contributed by atoms with Gasteiger partial charge in [-0.1, -0.05) is 0 Å². The van der Waals surface area contributed by atoms with Crippen LogP contribution in [0.25, 0.3) is 5.76 Å². The molecule has 3 aliphatic rings. The number of phenolic OH excluding ortho intramolecular Hbond substituents is 1. The number of primary amides is 1. The summed E-state index contributed by atoms with van der Waals surface area (Å²) < 4.78 is 0. The summed E-state index contributed by atoms with van der Waals surface area (Å²) in [6.45, 7) is 1.17. The third-order valence-corrected chi connectivity index (χ3v) is 7.40. The highest BCUT2D eigenvalue weighted by Crippen LogP contribution is 2.53. The Labute approximate surface area is 200 Å². The van der Waals surface area contributed by atoms with E-state index in [1.165, 1.54) is 32.0 Å². The minimum atomic E-state index is -2.71. The Morgan fingerprint density at radius 1 is 1.20 bits per heavy atom. The predicted octanol–water partition coefficient (Wildman–Crippen LogP) is -0.375. The molecule has 4 atom stereocenters. The number of hydrogen-bond acceptors (Lipinski definition) is 10. The lowest BCUT2D eigenvalue weighted by atomic mass is 9.57. The van der Waals surface area contributed by atoms with E-state index in [-0.39, 0.29) is 47.4 Å². The van der Waals surface area contributed by atoms with Crippen molar-refractivity contribution < 1.29 is 39.6 Å². The van der Waals surface area contributed by atoms with Gasteiger partial charge in [-0.3, -0.25) is 24.1 Å². The highest BCUT2D eigenvalue weighted by Gasteiger charge is 2.64. The van der Waals surface area contributed by atoms with Gasteiger partial charge in [-0.15, -0.1) is 0 Å². The van der Waals surface area contributed by atoms with Crippen LogP contribution in [-0.2, 0) is 27.3 Å². The average Bonchev–Trinajstić information content (AvgIpc) is 2.75. The fraction of sp³-hybridized carbons (Fsp3) is 0.417. The number of benzene rings is 1. The zero-order valence-corrected chi connectivity index (χ0v) is 19.5. The second-order valence-corrected chi connectivity index (χ2v) is 9.51. The Morgan fingerprint density at radius 2 is 1.83 bits per heavy atom. The maximum Gasteiger partial charge on any atom is 0.255 e. The van der Waals surface area contributed by atoms with Gasteiger partial charge in [0.2, 0.25) is 5.78 Å². The number of fused-ring (bicyclic) bond motifs is 3. The van der Waals surface area contributed by atoms with Crippen molar-refractivity contribution in [3.05, 3.63) is 45.2 Å². The molecular formula is C24H27N3O8. The molecule has 4 unspecified atom stereocenters. The number of rotatable bonds is 4. The van der Waals surface area contributed by atoms with Gasteiger partial charge in [0, 0.05) is 29.2 Å². The van der Waals surface area contributed by atoms with Gasteiger partial charge in [-0.2, -0.15) is 0 Å². The van der Waals surface area contributed by atoms with Crippen LogP contribution in [0.4, 0.5) is 0 Å². The van der Waals surface area contributed by atoms with Crippen LogP contribution in [0.3, 0.4) is 0 Å². The number of phenols is 1. The molecule has 0 aromatic heterocycles. The van der Waals surface area contributed by atoms with E-state index in [9.17, 15) is 39.6 Å².